The average molecular weight is 657 g/mol. The first kappa shape index (κ1) is 323. The molecule has 3 radical (unpaired) electrons. The predicted molar refractivity (Wildman–Crippen MR) is 40.8 cm³/mol. The topological polar surface area (TPSA) is 214 Å². The summed E-state index contributed by atoms with van der Waals surface area (Å²) in [6.45, 7) is 0. The van der Waals surface area contributed by atoms with E-state index in [-0.39, 0.29) is 277 Å². The zero-order valence-corrected chi connectivity index (χ0v) is 24.4. The zero-order valence-electron chi connectivity index (χ0n) is 8.77. The van der Waals surface area contributed by atoms with Crippen molar-refractivity contribution in [2.24, 2.45) is 0 Å². The summed E-state index contributed by atoms with van der Waals surface area (Å²) in [7, 11) is 0. The Morgan fingerprint density at radius 2 is 0.263 bits per heavy atom. The Labute approximate surface area is 271 Å². The summed E-state index contributed by atoms with van der Waals surface area (Å²) in [6.07, 6.45) is 0. The molecule has 0 aromatic rings. The van der Waals surface area contributed by atoms with Crippen molar-refractivity contribution in [2.75, 3.05) is 0 Å². The minimum Gasteiger partial charge on any atom is -3.00 e. The van der Waals surface area contributed by atoms with Gasteiger partial charge in [0.1, 0.15) is 0 Å². The molecule has 19 heteroatoms. The van der Waals surface area contributed by atoms with Crippen LogP contribution in [0.4, 0.5) is 0 Å². The van der Waals surface area contributed by atoms with Crippen LogP contribution in [0.3, 0.4) is 0 Å². The van der Waals surface area contributed by atoms with Gasteiger partial charge < -0.3 is 43.1 Å². The average Bonchev–Trinajstić information content (AvgIpc) is 0. The third kappa shape index (κ3) is 263. The number of nitrogens with zero attached hydrogens (tertiary/aromatic N) is 7. The van der Waals surface area contributed by atoms with E-state index in [0.29, 0.717) is 0 Å². The van der Waals surface area contributed by atoms with Gasteiger partial charge in [-0.1, -0.05) is 0 Å². The summed E-state index contributed by atoms with van der Waals surface area (Å²) in [5.74, 6) is 0. The summed E-state index contributed by atoms with van der Waals surface area (Å²) < 4.78 is 0. The molecular weight excluding hydrogens is 657 g/mol. The van der Waals surface area contributed by atoms with E-state index in [2.05, 4.69) is 0 Å². The van der Waals surface area contributed by atoms with Crippen LogP contribution < -0.4 is 0 Å². The summed E-state index contributed by atoms with van der Waals surface area (Å²) in [4.78, 5) is 0. The molecule has 0 aromatic heterocycles. The molecule has 19 heavy (non-hydrogen) atoms. The molecule has 101 valence electrons. The molecule has 0 rings (SSSR count). The quantitative estimate of drug-likeness (QED) is 0.332. The molecule has 0 heterocycles. The molecule has 7 nitrogen and oxygen atoms in total. The normalized spacial score (nSPS) is 0. The van der Waals surface area contributed by atoms with Crippen molar-refractivity contribution >= 4 is 52.1 Å². The fourth-order valence-electron chi connectivity index (χ4n) is 0. The van der Waals surface area contributed by atoms with E-state index in [0.717, 1.165) is 0 Å². The third-order valence-corrected chi connectivity index (χ3v) is 0. The van der Waals surface area contributed by atoms with E-state index in [1.807, 2.05) is 0 Å². The third-order valence-electron chi connectivity index (χ3n) is 0. The molecule has 0 bridgehead atoms. The Morgan fingerprint density at radius 1 is 0.263 bits per heavy atom. The van der Waals surface area contributed by atoms with Gasteiger partial charge in [-0.15, -0.1) is 0 Å². The first-order valence-electron chi connectivity index (χ1n) is 0. The van der Waals surface area contributed by atoms with Crippen LogP contribution in [0.1, 0.15) is 0 Å². The molecule has 0 spiro atoms. The van der Waals surface area contributed by atoms with Gasteiger partial charge in [-0.3, -0.25) is 0 Å². The van der Waals surface area contributed by atoms with E-state index in [1.54, 1.807) is 0 Å². The minimum atomic E-state index is 0. The van der Waals surface area contributed by atoms with E-state index in [4.69, 9.17) is 0 Å². The van der Waals surface area contributed by atoms with E-state index in [9.17, 15) is 0 Å². The van der Waals surface area contributed by atoms with Crippen molar-refractivity contribution in [3.8, 4) is 0 Å². The summed E-state index contributed by atoms with van der Waals surface area (Å²) in [5.41, 5.74) is 0. The molecule has 0 amide bonds. The maximum Gasteiger partial charge on any atom is 4.00 e. The smallest absolute Gasteiger partial charge is 3.00 e. The second-order valence-electron chi connectivity index (χ2n) is 0. The van der Waals surface area contributed by atoms with Gasteiger partial charge in [-0.2, -0.15) is 0 Å². The maximum absolute atomic E-state index is 0. The summed E-state index contributed by atoms with van der Waals surface area (Å²) in [6, 6.07) is 0. The molecule has 0 aliphatic heterocycles. The van der Waals surface area contributed by atoms with Crippen LogP contribution in [-0.2, 0) is 182 Å². The molecule has 0 N–H and O–H groups in total. The molecule has 0 atom stereocenters. The van der Waals surface area contributed by atoms with Crippen LogP contribution in [0.25, 0.3) is 43.1 Å². The minimum absolute atomic E-state index is 0. The fraction of sp³-hybridized carbons (Fsp3) is 0. The van der Waals surface area contributed by atoms with Gasteiger partial charge in [0.25, 0.3) is 0 Å². The molecule has 0 aromatic carbocycles. The first-order chi connectivity index (χ1) is 0. The van der Waals surface area contributed by atoms with Crippen LogP contribution in [-0.4, -0.2) is 52.1 Å². The molecular formula is Al3Cu3N7Ti6. The van der Waals surface area contributed by atoms with Crippen molar-refractivity contribution in [1.82, 2.24) is 0 Å². The molecule has 0 fully saturated rings. The summed E-state index contributed by atoms with van der Waals surface area (Å²) in [5, 5.41) is 0. The maximum atomic E-state index is 0. The van der Waals surface area contributed by atoms with Crippen LogP contribution >= 0.6 is 0 Å². The Kier molecular flexibility index (Phi) is 4870. The number of hydrogen-bond acceptors (Lipinski definition) is 0. The second kappa shape index (κ2) is 286. The number of rotatable bonds is 0. The Morgan fingerprint density at radius 3 is 0.263 bits per heavy atom. The zero-order chi connectivity index (χ0) is 0. The summed E-state index contributed by atoms with van der Waals surface area (Å²) >= 11 is 0. The van der Waals surface area contributed by atoms with Gasteiger partial charge >= 0.3 is 117 Å². The molecule has 0 saturated heterocycles. The van der Waals surface area contributed by atoms with Crippen molar-refractivity contribution < 1.29 is 182 Å². The van der Waals surface area contributed by atoms with Crippen LogP contribution in [0.2, 0.25) is 0 Å². The Bertz CT molecular complexity index is 36.0. The molecule has 0 aliphatic rings. The monoisotopic (exact) mass is 655 g/mol. The van der Waals surface area contributed by atoms with Crippen LogP contribution in [0.5, 0.6) is 0 Å². The van der Waals surface area contributed by atoms with Gasteiger partial charge in [0, 0.05) is 116 Å². The largest absolute Gasteiger partial charge is 4.00 e. The van der Waals surface area contributed by atoms with Gasteiger partial charge in [-0.25, -0.2) is 0 Å². The predicted octanol–water partition coefficient (Wildman–Crippen LogP) is 0.856. The van der Waals surface area contributed by atoms with Gasteiger partial charge in [-0.05, 0) is 0 Å². The van der Waals surface area contributed by atoms with Crippen LogP contribution in [0, 0.1) is 0 Å². The van der Waals surface area contributed by atoms with E-state index >= 15 is 0 Å². The van der Waals surface area contributed by atoms with Crippen molar-refractivity contribution in [2.45, 2.75) is 0 Å². The van der Waals surface area contributed by atoms with Crippen molar-refractivity contribution in [3.63, 3.8) is 0 Å². The molecule has 0 aliphatic carbocycles. The first-order valence-corrected chi connectivity index (χ1v) is 0. The van der Waals surface area contributed by atoms with Gasteiger partial charge in [0.2, 0.25) is 0 Å². The SMILES string of the molecule is [Al+3].[Al+3].[Al+3].[Cu].[Cu].[Cu].[N-3].[N-3].[N-3].[N-3].[N-3].[N-3].[N-3].[Ti+4].[Ti+4].[Ti+4].[Ti].[Ti].[Ti]. The second-order valence-corrected chi connectivity index (χ2v) is 0. The standard InChI is InChI=1S/3Al.3Cu.7N.6Ti/q3*+3;;;;7*-3;;;;3*+4. The van der Waals surface area contributed by atoms with Crippen molar-refractivity contribution in [1.29, 1.82) is 0 Å². The molecule has 0 saturated carbocycles. The Hall–Kier alpha value is 7.16. The molecule has 0 unspecified atom stereocenters. The van der Waals surface area contributed by atoms with E-state index in [1.165, 1.54) is 0 Å². The van der Waals surface area contributed by atoms with Crippen molar-refractivity contribution in [3.05, 3.63) is 43.1 Å². The number of hydrogen-bond donors (Lipinski definition) is 0. The van der Waals surface area contributed by atoms with E-state index < -0.39 is 0 Å². The van der Waals surface area contributed by atoms with Gasteiger partial charge in [0.15, 0.2) is 0 Å². The van der Waals surface area contributed by atoms with Gasteiger partial charge in [0.05, 0.1) is 0 Å². The fourth-order valence-corrected chi connectivity index (χ4v) is 0. The van der Waals surface area contributed by atoms with Crippen LogP contribution in [0.15, 0.2) is 0 Å². The Balaban J connectivity index is 0.